The van der Waals surface area contributed by atoms with Crippen LogP contribution in [0.25, 0.3) is 0 Å². The van der Waals surface area contributed by atoms with Gasteiger partial charge in [-0.3, -0.25) is 9.59 Å². The molecule has 40 heavy (non-hydrogen) atoms. The highest BCUT2D eigenvalue weighted by Gasteiger charge is 2.31. The van der Waals surface area contributed by atoms with Gasteiger partial charge in [-0.15, -0.1) is 0 Å². The average Bonchev–Trinajstić information content (AvgIpc) is 2.98. The van der Waals surface area contributed by atoms with E-state index >= 15 is 0 Å². The van der Waals surface area contributed by atoms with E-state index in [9.17, 15) is 9.59 Å². The quantitative estimate of drug-likeness (QED) is 0.140. The molecule has 0 saturated carbocycles. The molecule has 0 radical (unpaired) electrons. The molecular weight excluding hydrogens is 496 g/mol. The van der Waals surface area contributed by atoms with E-state index < -0.39 is 5.41 Å². The molecule has 2 amide bonds. The van der Waals surface area contributed by atoms with E-state index in [1.165, 1.54) is 0 Å². The Balaban J connectivity index is 1.40. The van der Waals surface area contributed by atoms with Crippen LogP contribution in [-0.2, 0) is 5.41 Å². The molecule has 0 unspecified atom stereocenters. The van der Waals surface area contributed by atoms with Crippen LogP contribution < -0.4 is 22.1 Å². The second kappa shape index (κ2) is 11.2. The Morgan fingerprint density at radius 1 is 0.500 bits per heavy atom. The van der Waals surface area contributed by atoms with Crippen molar-refractivity contribution < 1.29 is 9.59 Å². The van der Waals surface area contributed by atoms with E-state index in [0.29, 0.717) is 33.9 Å². The predicted molar refractivity (Wildman–Crippen MR) is 162 cm³/mol. The summed E-state index contributed by atoms with van der Waals surface area (Å²) in [6, 6.07) is 39.6. The minimum Gasteiger partial charge on any atom is -0.399 e. The normalized spacial score (nSPS) is 11.0. The highest BCUT2D eigenvalue weighted by molar-refractivity contribution is 6.05. The fourth-order valence-corrected chi connectivity index (χ4v) is 4.72. The Morgan fingerprint density at radius 3 is 1.23 bits per heavy atom. The first-order valence-corrected chi connectivity index (χ1v) is 12.9. The van der Waals surface area contributed by atoms with Gasteiger partial charge in [-0.25, -0.2) is 0 Å². The lowest BCUT2D eigenvalue weighted by atomic mass is 9.71. The van der Waals surface area contributed by atoms with E-state index in [0.717, 1.165) is 16.7 Å². The smallest absolute Gasteiger partial charge is 0.255 e. The largest absolute Gasteiger partial charge is 0.399 e. The fraction of sp³-hybridized carbons (Fsp3) is 0.0588. The van der Waals surface area contributed by atoms with Gasteiger partial charge in [0.15, 0.2) is 0 Å². The van der Waals surface area contributed by atoms with Crippen molar-refractivity contribution in [2.75, 3.05) is 22.1 Å². The van der Waals surface area contributed by atoms with Crippen LogP contribution in [0.3, 0.4) is 0 Å². The molecule has 0 aliphatic carbocycles. The Hall–Kier alpha value is -5.36. The van der Waals surface area contributed by atoms with Crippen molar-refractivity contribution in [2.45, 2.75) is 12.3 Å². The van der Waals surface area contributed by atoms with E-state index in [4.69, 9.17) is 11.5 Å². The number of hydrogen-bond donors (Lipinski definition) is 4. The molecule has 0 saturated heterocycles. The maximum Gasteiger partial charge on any atom is 0.255 e. The Morgan fingerprint density at radius 2 is 0.850 bits per heavy atom. The van der Waals surface area contributed by atoms with Crippen LogP contribution in [0.5, 0.6) is 0 Å². The summed E-state index contributed by atoms with van der Waals surface area (Å²) in [5.41, 5.74) is 17.9. The minimum absolute atomic E-state index is 0.199. The zero-order valence-electron chi connectivity index (χ0n) is 22.1. The van der Waals surface area contributed by atoms with Crippen LogP contribution >= 0.6 is 0 Å². The number of nitrogen functional groups attached to an aromatic ring is 2. The highest BCUT2D eigenvalue weighted by atomic mass is 16.2. The predicted octanol–water partition coefficient (Wildman–Crippen LogP) is 6.71. The number of rotatable bonds is 7. The molecule has 0 heterocycles. The van der Waals surface area contributed by atoms with Gasteiger partial charge < -0.3 is 22.1 Å². The van der Waals surface area contributed by atoms with Gasteiger partial charge in [-0.05, 0) is 96.4 Å². The van der Waals surface area contributed by atoms with Crippen LogP contribution in [0.2, 0.25) is 0 Å². The molecule has 6 nitrogen and oxygen atoms in total. The topological polar surface area (TPSA) is 110 Å². The van der Waals surface area contributed by atoms with Gasteiger partial charge in [-0.2, -0.15) is 0 Å². The van der Waals surface area contributed by atoms with Crippen LogP contribution in [-0.4, -0.2) is 11.8 Å². The van der Waals surface area contributed by atoms with Gasteiger partial charge in [0.25, 0.3) is 11.8 Å². The Kier molecular flexibility index (Phi) is 7.33. The second-order valence-electron chi connectivity index (χ2n) is 9.80. The molecule has 5 aromatic carbocycles. The lowest BCUT2D eigenvalue weighted by Gasteiger charge is -2.32. The van der Waals surface area contributed by atoms with E-state index in [-0.39, 0.29) is 11.8 Å². The van der Waals surface area contributed by atoms with Gasteiger partial charge in [0.05, 0.1) is 0 Å². The van der Waals surface area contributed by atoms with E-state index in [2.05, 4.69) is 29.7 Å². The lowest BCUT2D eigenvalue weighted by molar-refractivity contribution is 0.101. The number of anilines is 4. The molecule has 5 rings (SSSR count). The molecule has 0 fully saturated rings. The molecule has 5 aromatic rings. The summed E-state index contributed by atoms with van der Waals surface area (Å²) < 4.78 is 0. The average molecular weight is 527 g/mol. The standard InChI is InChI=1S/C34H30N4O2/c1-34(25-5-3-2-4-6-25,26-11-19-30(20-12-26)37-32(39)23-7-15-28(35)16-8-23)27-13-21-31(22-14-27)38-33(40)24-9-17-29(36)18-10-24/h2-22H,35-36H2,1H3,(H,37,39)(H,38,40). The monoisotopic (exact) mass is 526 g/mol. The van der Waals surface area contributed by atoms with Gasteiger partial charge in [0, 0.05) is 39.3 Å². The van der Waals surface area contributed by atoms with Crippen LogP contribution in [0.1, 0.15) is 44.3 Å². The maximum atomic E-state index is 12.7. The summed E-state index contributed by atoms with van der Waals surface area (Å²) in [5.74, 6) is -0.398. The van der Waals surface area contributed by atoms with Crippen molar-refractivity contribution in [1.29, 1.82) is 0 Å². The molecular formula is C34H30N4O2. The van der Waals surface area contributed by atoms with Crippen LogP contribution in [0.15, 0.2) is 127 Å². The first-order chi connectivity index (χ1) is 19.3. The highest BCUT2D eigenvalue weighted by Crippen LogP contribution is 2.39. The van der Waals surface area contributed by atoms with E-state index in [1.807, 2.05) is 66.7 Å². The summed E-state index contributed by atoms with van der Waals surface area (Å²) in [7, 11) is 0. The Bertz CT molecular complexity index is 1510. The molecule has 198 valence electrons. The minimum atomic E-state index is -0.486. The zero-order valence-corrected chi connectivity index (χ0v) is 22.1. The molecule has 0 spiro atoms. The number of carbonyl (C=O) groups excluding carboxylic acids is 2. The van der Waals surface area contributed by atoms with Crippen molar-refractivity contribution in [2.24, 2.45) is 0 Å². The zero-order chi connectivity index (χ0) is 28.1. The number of carbonyl (C=O) groups is 2. The molecule has 0 aliphatic heterocycles. The fourth-order valence-electron chi connectivity index (χ4n) is 4.72. The number of hydrogen-bond acceptors (Lipinski definition) is 4. The van der Waals surface area contributed by atoms with Crippen molar-refractivity contribution >= 4 is 34.6 Å². The first-order valence-electron chi connectivity index (χ1n) is 12.9. The third-order valence-corrected chi connectivity index (χ3v) is 7.14. The molecule has 0 atom stereocenters. The summed E-state index contributed by atoms with van der Waals surface area (Å²) in [5, 5.41) is 5.90. The van der Waals surface area contributed by atoms with Crippen LogP contribution in [0.4, 0.5) is 22.7 Å². The van der Waals surface area contributed by atoms with Gasteiger partial charge in [-0.1, -0.05) is 54.6 Å². The third kappa shape index (κ3) is 5.56. The van der Waals surface area contributed by atoms with Crippen LogP contribution in [0, 0.1) is 0 Å². The van der Waals surface area contributed by atoms with Crippen molar-refractivity contribution in [3.05, 3.63) is 155 Å². The number of amides is 2. The van der Waals surface area contributed by atoms with Gasteiger partial charge >= 0.3 is 0 Å². The summed E-state index contributed by atoms with van der Waals surface area (Å²) in [6.07, 6.45) is 0. The Labute approximate surface area is 233 Å². The summed E-state index contributed by atoms with van der Waals surface area (Å²) in [4.78, 5) is 25.4. The van der Waals surface area contributed by atoms with Crippen molar-refractivity contribution in [3.63, 3.8) is 0 Å². The lowest BCUT2D eigenvalue weighted by Crippen LogP contribution is -2.25. The molecule has 0 bridgehead atoms. The van der Waals surface area contributed by atoms with Crippen molar-refractivity contribution in [1.82, 2.24) is 0 Å². The molecule has 6 heteroatoms. The SMILES string of the molecule is CC(c1ccccc1)(c1ccc(NC(=O)c2ccc(N)cc2)cc1)c1ccc(NC(=O)c2ccc(N)cc2)cc1. The molecule has 0 aromatic heterocycles. The van der Waals surface area contributed by atoms with Gasteiger partial charge in [0.1, 0.15) is 0 Å². The number of nitrogens with one attached hydrogen (secondary N) is 2. The third-order valence-electron chi connectivity index (χ3n) is 7.14. The second-order valence-corrected chi connectivity index (χ2v) is 9.80. The first kappa shape index (κ1) is 26.3. The van der Waals surface area contributed by atoms with Gasteiger partial charge in [0.2, 0.25) is 0 Å². The maximum absolute atomic E-state index is 12.7. The molecule has 6 N–H and O–H groups in total. The summed E-state index contributed by atoms with van der Waals surface area (Å²) >= 11 is 0. The number of nitrogens with two attached hydrogens (primary N) is 2. The summed E-state index contributed by atoms with van der Waals surface area (Å²) in [6.45, 7) is 2.17. The van der Waals surface area contributed by atoms with E-state index in [1.54, 1.807) is 48.5 Å². The molecule has 0 aliphatic rings. The van der Waals surface area contributed by atoms with Crippen molar-refractivity contribution in [3.8, 4) is 0 Å². The number of benzene rings is 5.